The second-order valence-corrected chi connectivity index (χ2v) is 8.83. The van der Waals surface area contributed by atoms with Crippen molar-refractivity contribution in [3.05, 3.63) is 0 Å². The van der Waals surface area contributed by atoms with Crippen LogP contribution in [-0.2, 0) is 4.79 Å². The third-order valence-electron chi connectivity index (χ3n) is 6.29. The van der Waals surface area contributed by atoms with E-state index in [2.05, 4.69) is 28.2 Å². The van der Waals surface area contributed by atoms with Crippen LogP contribution in [0.15, 0.2) is 0 Å². The van der Waals surface area contributed by atoms with E-state index in [0.29, 0.717) is 11.8 Å². The largest absolute Gasteiger partial charge is 0.355 e. The highest BCUT2D eigenvalue weighted by Gasteiger charge is 2.54. The topological polar surface area (TPSA) is 29.1 Å². The van der Waals surface area contributed by atoms with Gasteiger partial charge in [0.25, 0.3) is 0 Å². The molecule has 1 amide bonds. The highest BCUT2D eigenvalue weighted by Crippen LogP contribution is 2.60. The summed E-state index contributed by atoms with van der Waals surface area (Å²) in [6, 6.07) is 0. The summed E-state index contributed by atoms with van der Waals surface area (Å²) in [7, 11) is 0. The van der Waals surface area contributed by atoms with Crippen LogP contribution in [0.25, 0.3) is 0 Å². The molecule has 0 aromatic heterocycles. The van der Waals surface area contributed by atoms with Gasteiger partial charge >= 0.3 is 0 Å². The van der Waals surface area contributed by atoms with Crippen molar-refractivity contribution in [1.29, 1.82) is 0 Å². The average molecular weight is 356 g/mol. The van der Waals surface area contributed by atoms with Crippen molar-refractivity contribution >= 4 is 21.8 Å². The van der Waals surface area contributed by atoms with E-state index in [4.69, 9.17) is 0 Å². The van der Waals surface area contributed by atoms with Gasteiger partial charge in [-0.2, -0.15) is 0 Å². The molecule has 0 heterocycles. The predicted molar refractivity (Wildman–Crippen MR) is 90.4 cm³/mol. The minimum Gasteiger partial charge on any atom is -0.355 e. The fraction of sp³-hybridized carbons (Fsp3) is 0.944. The van der Waals surface area contributed by atoms with Gasteiger partial charge in [-0.3, -0.25) is 4.79 Å². The van der Waals surface area contributed by atoms with Gasteiger partial charge < -0.3 is 5.32 Å². The normalized spacial score (nSPS) is 38.5. The molecule has 4 fully saturated rings. The zero-order valence-corrected chi connectivity index (χ0v) is 15.0. The van der Waals surface area contributed by atoms with Crippen LogP contribution in [0, 0.1) is 29.1 Å². The summed E-state index contributed by atoms with van der Waals surface area (Å²) in [5, 5.41) is 4.40. The lowest BCUT2D eigenvalue weighted by atomic mass is 9.49. The highest BCUT2D eigenvalue weighted by atomic mass is 79.9. The van der Waals surface area contributed by atoms with Crippen molar-refractivity contribution in [2.24, 2.45) is 29.1 Å². The summed E-state index contributed by atoms with van der Waals surface area (Å²) in [6.07, 6.45) is 11.4. The van der Waals surface area contributed by atoms with Gasteiger partial charge in [0.2, 0.25) is 5.91 Å². The highest BCUT2D eigenvalue weighted by molar-refractivity contribution is 9.09. The van der Waals surface area contributed by atoms with Crippen molar-refractivity contribution in [1.82, 2.24) is 5.32 Å². The second-order valence-electron chi connectivity index (χ2n) is 8.04. The molecule has 0 aromatic rings. The summed E-state index contributed by atoms with van der Waals surface area (Å²) in [4.78, 5) is 12.9. The lowest BCUT2D eigenvalue weighted by Crippen LogP contribution is -2.54. The molecule has 21 heavy (non-hydrogen) atoms. The van der Waals surface area contributed by atoms with E-state index in [1.165, 1.54) is 57.8 Å². The van der Waals surface area contributed by atoms with Crippen molar-refractivity contribution < 1.29 is 4.79 Å². The number of hydrogen-bond donors (Lipinski definition) is 1. The Labute approximate surface area is 138 Å². The molecular weight excluding hydrogens is 326 g/mol. The Morgan fingerprint density at radius 1 is 1.14 bits per heavy atom. The molecule has 4 rings (SSSR count). The van der Waals surface area contributed by atoms with E-state index in [1.54, 1.807) is 0 Å². The lowest BCUT2D eigenvalue weighted by molar-refractivity contribution is -0.146. The molecule has 1 unspecified atom stereocenters. The fourth-order valence-corrected chi connectivity index (χ4v) is 6.37. The lowest BCUT2D eigenvalue weighted by Gasteiger charge is -2.55. The number of carbonyl (C=O) groups is 1. The number of alkyl halides is 1. The molecule has 0 saturated heterocycles. The van der Waals surface area contributed by atoms with Crippen molar-refractivity contribution in [2.45, 2.75) is 64.7 Å². The fourth-order valence-electron chi connectivity index (χ4n) is 5.72. The smallest absolute Gasteiger partial charge is 0.226 e. The number of carbonyl (C=O) groups excluding carboxylic acids is 1. The number of amides is 1. The Kier molecular flexibility index (Phi) is 4.97. The third kappa shape index (κ3) is 3.33. The zero-order valence-electron chi connectivity index (χ0n) is 13.4. The number of nitrogens with one attached hydrogen (secondary N) is 1. The van der Waals surface area contributed by atoms with Gasteiger partial charge in [-0.25, -0.2) is 0 Å². The van der Waals surface area contributed by atoms with Crippen LogP contribution in [0.1, 0.15) is 64.7 Å². The van der Waals surface area contributed by atoms with Gasteiger partial charge in [0.1, 0.15) is 0 Å². The third-order valence-corrected chi connectivity index (χ3v) is 6.74. The minimum absolute atomic E-state index is 0.0277. The zero-order chi connectivity index (χ0) is 14.9. The molecule has 1 atom stereocenters. The molecule has 0 spiro atoms. The van der Waals surface area contributed by atoms with Gasteiger partial charge in [-0.05, 0) is 75.0 Å². The summed E-state index contributed by atoms with van der Waals surface area (Å²) < 4.78 is 0. The van der Waals surface area contributed by atoms with Crippen LogP contribution in [0.5, 0.6) is 0 Å². The maximum atomic E-state index is 12.9. The molecule has 4 aliphatic rings. The summed E-state index contributed by atoms with van der Waals surface area (Å²) in [5.74, 6) is 3.62. The Hall–Kier alpha value is -0.0500. The van der Waals surface area contributed by atoms with Crippen LogP contribution < -0.4 is 5.32 Å². The summed E-state index contributed by atoms with van der Waals surface area (Å²) in [5.41, 5.74) is 0.0277. The average Bonchev–Trinajstić information content (AvgIpc) is 2.43. The van der Waals surface area contributed by atoms with Gasteiger partial charge in [-0.15, -0.1) is 0 Å². The Balaban J connectivity index is 1.57. The molecule has 0 radical (unpaired) electrons. The van der Waals surface area contributed by atoms with E-state index in [-0.39, 0.29) is 5.41 Å². The van der Waals surface area contributed by atoms with E-state index < -0.39 is 0 Å². The summed E-state index contributed by atoms with van der Waals surface area (Å²) in [6.45, 7) is 3.13. The number of rotatable bonds is 7. The molecule has 120 valence electrons. The van der Waals surface area contributed by atoms with E-state index >= 15 is 0 Å². The van der Waals surface area contributed by atoms with Crippen LogP contribution in [0.3, 0.4) is 0 Å². The van der Waals surface area contributed by atoms with Crippen molar-refractivity contribution in [2.75, 3.05) is 11.9 Å². The van der Waals surface area contributed by atoms with Gasteiger partial charge in [-0.1, -0.05) is 29.3 Å². The Morgan fingerprint density at radius 3 is 2.19 bits per heavy atom. The molecule has 1 N–H and O–H groups in total. The predicted octanol–water partition coefficient (Wildman–Crippen LogP) is 4.52. The maximum absolute atomic E-state index is 12.9. The van der Waals surface area contributed by atoms with Crippen LogP contribution in [0.2, 0.25) is 0 Å². The molecule has 3 heteroatoms. The SMILES string of the molecule is CCCC(CCBr)CNC(=O)C12CC3CC(CC(C3)C1)C2. The second kappa shape index (κ2) is 6.60. The first kappa shape index (κ1) is 15.8. The maximum Gasteiger partial charge on any atom is 0.226 e. The molecule has 2 nitrogen and oxygen atoms in total. The molecular formula is C18H30BrNO. The monoisotopic (exact) mass is 355 g/mol. The quantitative estimate of drug-likeness (QED) is 0.668. The first-order valence-electron chi connectivity index (χ1n) is 8.99. The van der Waals surface area contributed by atoms with E-state index in [9.17, 15) is 4.79 Å². The molecule has 0 aromatic carbocycles. The molecule has 4 bridgehead atoms. The van der Waals surface area contributed by atoms with E-state index in [0.717, 1.165) is 29.6 Å². The van der Waals surface area contributed by atoms with Crippen LogP contribution in [0.4, 0.5) is 0 Å². The standard InChI is InChI=1S/C18H30BrNO/c1-2-3-13(4-5-19)12-20-17(21)18-9-14-6-15(10-18)8-16(7-14)11-18/h13-16H,2-12H2,1H3,(H,20,21). The van der Waals surface area contributed by atoms with Crippen LogP contribution in [-0.4, -0.2) is 17.8 Å². The number of hydrogen-bond acceptors (Lipinski definition) is 1. The number of halogens is 1. The Morgan fingerprint density at radius 2 is 1.71 bits per heavy atom. The van der Waals surface area contributed by atoms with Gasteiger partial charge in [0, 0.05) is 17.3 Å². The molecule has 4 saturated carbocycles. The van der Waals surface area contributed by atoms with Gasteiger partial charge in [0.05, 0.1) is 0 Å². The Bertz CT molecular complexity index is 340. The van der Waals surface area contributed by atoms with Gasteiger partial charge in [0.15, 0.2) is 0 Å². The first-order valence-corrected chi connectivity index (χ1v) is 10.1. The van der Waals surface area contributed by atoms with Crippen molar-refractivity contribution in [3.8, 4) is 0 Å². The van der Waals surface area contributed by atoms with E-state index in [1.807, 2.05) is 0 Å². The molecule has 0 aliphatic heterocycles. The molecule has 4 aliphatic carbocycles. The first-order chi connectivity index (χ1) is 10.1. The van der Waals surface area contributed by atoms with Crippen molar-refractivity contribution in [3.63, 3.8) is 0 Å². The summed E-state index contributed by atoms with van der Waals surface area (Å²) >= 11 is 3.55. The van der Waals surface area contributed by atoms with Crippen LogP contribution >= 0.6 is 15.9 Å². The minimum atomic E-state index is 0.0277.